The molecule has 18 heavy (non-hydrogen) atoms. The molecule has 1 aliphatic rings. The molecule has 0 aromatic heterocycles. The van der Waals surface area contributed by atoms with E-state index in [0.29, 0.717) is 6.07 Å². The minimum absolute atomic E-state index is 0.0620. The van der Waals surface area contributed by atoms with E-state index >= 15 is 0 Å². The molecule has 0 spiro atoms. The lowest BCUT2D eigenvalue weighted by molar-refractivity contribution is -0.141. The number of carbonyl (C=O) groups is 1. The number of alkyl halides is 3. The fourth-order valence-electron chi connectivity index (χ4n) is 1.75. The second kappa shape index (κ2) is 4.56. The van der Waals surface area contributed by atoms with Gasteiger partial charge in [-0.1, -0.05) is 6.07 Å². The maximum atomic E-state index is 12.9. The van der Waals surface area contributed by atoms with Crippen LogP contribution in [-0.2, 0) is 15.7 Å². The number of rotatable bonds is 1. The maximum Gasteiger partial charge on any atom is 0.416 e. The first-order chi connectivity index (χ1) is 8.38. The molecule has 1 N–H and O–H groups in total. The highest BCUT2D eigenvalue weighted by molar-refractivity contribution is 5.77. The van der Waals surface area contributed by atoms with E-state index in [1.807, 2.05) is 0 Å². The van der Waals surface area contributed by atoms with Gasteiger partial charge in [0.25, 0.3) is 0 Å². The van der Waals surface area contributed by atoms with Gasteiger partial charge >= 0.3 is 6.18 Å². The molecule has 1 aromatic rings. The molecule has 2 rings (SSSR count). The summed E-state index contributed by atoms with van der Waals surface area (Å²) in [6.45, 7) is -0.368. The normalized spacial score (nSPS) is 20.7. The predicted octanol–water partition coefficient (Wildman–Crippen LogP) is 2.03. The van der Waals surface area contributed by atoms with Gasteiger partial charge in [-0.15, -0.1) is 0 Å². The SMILES string of the molecule is O=C1COC(c2ccc(F)cc2C(F)(F)F)CN1. The van der Waals surface area contributed by atoms with Crippen molar-refractivity contribution in [1.29, 1.82) is 0 Å². The van der Waals surface area contributed by atoms with Crippen molar-refractivity contribution in [3.63, 3.8) is 0 Å². The molecule has 3 nitrogen and oxygen atoms in total. The van der Waals surface area contributed by atoms with Crippen molar-refractivity contribution in [2.24, 2.45) is 0 Å². The molecule has 0 aliphatic carbocycles. The van der Waals surface area contributed by atoms with E-state index in [2.05, 4.69) is 5.32 Å². The number of carbonyl (C=O) groups excluding carboxylic acids is 1. The van der Waals surface area contributed by atoms with Crippen LogP contribution in [0.4, 0.5) is 17.6 Å². The second-order valence-corrected chi connectivity index (χ2v) is 3.83. The van der Waals surface area contributed by atoms with Crippen molar-refractivity contribution in [1.82, 2.24) is 5.32 Å². The molecule has 1 fully saturated rings. The molecule has 1 aromatic carbocycles. The number of ether oxygens (including phenoxy) is 1. The lowest BCUT2D eigenvalue weighted by atomic mass is 10.0. The van der Waals surface area contributed by atoms with E-state index in [0.717, 1.165) is 12.1 Å². The molecular weight excluding hydrogens is 254 g/mol. The van der Waals surface area contributed by atoms with E-state index in [-0.39, 0.29) is 24.6 Å². The fourth-order valence-corrected chi connectivity index (χ4v) is 1.75. The molecule has 0 radical (unpaired) electrons. The summed E-state index contributed by atoms with van der Waals surface area (Å²) < 4.78 is 56.2. The molecule has 98 valence electrons. The van der Waals surface area contributed by atoms with Crippen LogP contribution in [-0.4, -0.2) is 19.1 Å². The summed E-state index contributed by atoms with van der Waals surface area (Å²) in [7, 11) is 0. The van der Waals surface area contributed by atoms with Crippen LogP contribution in [0.25, 0.3) is 0 Å². The Labute approximate surface area is 99.7 Å². The first-order valence-electron chi connectivity index (χ1n) is 5.13. The van der Waals surface area contributed by atoms with Gasteiger partial charge in [0.2, 0.25) is 5.91 Å². The van der Waals surface area contributed by atoms with Gasteiger partial charge in [-0.05, 0) is 17.7 Å². The summed E-state index contributed by atoms with van der Waals surface area (Å²) in [5.41, 5.74) is -1.26. The minimum Gasteiger partial charge on any atom is -0.362 e. The van der Waals surface area contributed by atoms with E-state index in [1.165, 1.54) is 0 Å². The van der Waals surface area contributed by atoms with Crippen LogP contribution in [0, 0.1) is 5.82 Å². The molecule has 1 heterocycles. The van der Waals surface area contributed by atoms with E-state index < -0.39 is 23.7 Å². The van der Waals surface area contributed by atoms with Crippen molar-refractivity contribution in [3.8, 4) is 0 Å². The Morgan fingerprint density at radius 2 is 2.06 bits per heavy atom. The van der Waals surface area contributed by atoms with Crippen LogP contribution in [0.1, 0.15) is 17.2 Å². The van der Waals surface area contributed by atoms with Crippen LogP contribution in [0.15, 0.2) is 18.2 Å². The van der Waals surface area contributed by atoms with Gasteiger partial charge in [-0.2, -0.15) is 13.2 Å². The third-order valence-corrected chi connectivity index (χ3v) is 2.57. The Balaban J connectivity index is 2.35. The maximum absolute atomic E-state index is 12.9. The van der Waals surface area contributed by atoms with Crippen molar-refractivity contribution < 1.29 is 27.1 Å². The van der Waals surface area contributed by atoms with Gasteiger partial charge in [-0.25, -0.2) is 4.39 Å². The summed E-state index contributed by atoms with van der Waals surface area (Å²) in [4.78, 5) is 10.9. The second-order valence-electron chi connectivity index (χ2n) is 3.83. The number of hydrogen-bond donors (Lipinski definition) is 1. The van der Waals surface area contributed by atoms with Gasteiger partial charge in [0, 0.05) is 6.54 Å². The predicted molar refractivity (Wildman–Crippen MR) is 53.1 cm³/mol. The first kappa shape index (κ1) is 12.8. The fraction of sp³-hybridized carbons (Fsp3) is 0.364. The van der Waals surface area contributed by atoms with Crippen molar-refractivity contribution >= 4 is 5.91 Å². The third-order valence-electron chi connectivity index (χ3n) is 2.57. The molecule has 1 aliphatic heterocycles. The summed E-state index contributed by atoms with van der Waals surface area (Å²) in [6.07, 6.45) is -5.58. The molecule has 1 atom stereocenters. The highest BCUT2D eigenvalue weighted by atomic mass is 19.4. The highest BCUT2D eigenvalue weighted by Gasteiger charge is 2.36. The Morgan fingerprint density at radius 1 is 1.33 bits per heavy atom. The zero-order valence-corrected chi connectivity index (χ0v) is 9.05. The van der Waals surface area contributed by atoms with Crippen LogP contribution in [0.5, 0.6) is 0 Å². The lowest BCUT2D eigenvalue weighted by Gasteiger charge is -2.26. The monoisotopic (exact) mass is 263 g/mol. The average molecular weight is 263 g/mol. The van der Waals surface area contributed by atoms with Gasteiger partial charge in [0.1, 0.15) is 18.5 Å². The minimum atomic E-state index is -4.66. The Hall–Kier alpha value is -1.63. The average Bonchev–Trinajstić information content (AvgIpc) is 2.29. The van der Waals surface area contributed by atoms with Crippen LogP contribution < -0.4 is 5.32 Å². The smallest absolute Gasteiger partial charge is 0.362 e. The number of morpholine rings is 1. The van der Waals surface area contributed by atoms with Crippen molar-refractivity contribution in [2.75, 3.05) is 13.2 Å². The molecular formula is C11H9F4NO2. The zero-order chi connectivity index (χ0) is 13.3. The van der Waals surface area contributed by atoms with Gasteiger partial charge in [0.15, 0.2) is 0 Å². The summed E-state index contributed by atoms with van der Waals surface area (Å²) >= 11 is 0. The molecule has 1 unspecified atom stereocenters. The summed E-state index contributed by atoms with van der Waals surface area (Å²) in [5.74, 6) is -1.35. The largest absolute Gasteiger partial charge is 0.416 e. The first-order valence-corrected chi connectivity index (χ1v) is 5.13. The number of amides is 1. The van der Waals surface area contributed by atoms with Crippen molar-refractivity contribution in [2.45, 2.75) is 12.3 Å². The summed E-state index contributed by atoms with van der Waals surface area (Å²) in [6, 6.07) is 2.39. The van der Waals surface area contributed by atoms with E-state index in [1.54, 1.807) is 0 Å². The van der Waals surface area contributed by atoms with Crippen LogP contribution >= 0.6 is 0 Å². The van der Waals surface area contributed by atoms with Crippen molar-refractivity contribution in [3.05, 3.63) is 35.1 Å². The highest BCUT2D eigenvalue weighted by Crippen LogP contribution is 2.36. The van der Waals surface area contributed by atoms with Crippen LogP contribution in [0.3, 0.4) is 0 Å². The standard InChI is InChI=1S/C11H9F4NO2/c12-6-1-2-7(8(3-6)11(13,14)15)9-4-16-10(17)5-18-9/h1-3,9H,4-5H2,(H,16,17). The molecule has 0 saturated carbocycles. The Kier molecular flexibility index (Phi) is 3.25. The quantitative estimate of drug-likeness (QED) is 0.787. The van der Waals surface area contributed by atoms with Gasteiger partial charge in [-0.3, -0.25) is 4.79 Å². The molecule has 1 saturated heterocycles. The molecule has 1 amide bonds. The molecule has 0 bridgehead atoms. The number of hydrogen-bond acceptors (Lipinski definition) is 2. The van der Waals surface area contributed by atoms with Gasteiger partial charge < -0.3 is 10.1 Å². The van der Waals surface area contributed by atoms with Crippen LogP contribution in [0.2, 0.25) is 0 Å². The lowest BCUT2D eigenvalue weighted by Crippen LogP contribution is -2.39. The Bertz CT molecular complexity index is 463. The van der Waals surface area contributed by atoms with Gasteiger partial charge in [0.05, 0.1) is 5.56 Å². The third kappa shape index (κ3) is 2.61. The molecule has 7 heteroatoms. The Morgan fingerprint density at radius 3 is 2.61 bits per heavy atom. The number of benzene rings is 1. The van der Waals surface area contributed by atoms with E-state index in [4.69, 9.17) is 4.74 Å². The topological polar surface area (TPSA) is 38.3 Å². The number of halogens is 4. The van der Waals surface area contributed by atoms with E-state index in [9.17, 15) is 22.4 Å². The summed E-state index contributed by atoms with van der Waals surface area (Å²) in [5, 5.41) is 2.40. The zero-order valence-electron chi connectivity index (χ0n) is 9.05. The number of nitrogens with one attached hydrogen (secondary N) is 1.